The molecule has 0 spiro atoms. The van der Waals surface area contributed by atoms with E-state index in [4.69, 9.17) is 4.74 Å². The molecule has 3 unspecified atom stereocenters. The largest absolute Gasteiger partial charge is 0.497 e. The van der Waals surface area contributed by atoms with E-state index in [-0.39, 0.29) is 28.5 Å². The molecule has 7 nitrogen and oxygen atoms in total. The van der Waals surface area contributed by atoms with Gasteiger partial charge in [-0.2, -0.15) is 10.5 Å². The number of benzene rings is 2. The Balaban J connectivity index is 1.57. The van der Waals surface area contributed by atoms with Crippen molar-refractivity contribution in [3.63, 3.8) is 0 Å². The number of ether oxygens (including phenoxy) is 1. The summed E-state index contributed by atoms with van der Waals surface area (Å²) in [5.41, 5.74) is 5.65. The molecule has 3 fully saturated rings. The third-order valence-electron chi connectivity index (χ3n) is 10.1. The quantitative estimate of drug-likeness (QED) is 0.238. The molecule has 4 heterocycles. The lowest BCUT2D eigenvalue weighted by molar-refractivity contribution is -0.0149. The van der Waals surface area contributed by atoms with Gasteiger partial charge in [0.1, 0.15) is 23.7 Å². The van der Waals surface area contributed by atoms with Crippen LogP contribution >= 0.6 is 0 Å². The van der Waals surface area contributed by atoms with Gasteiger partial charge in [0.15, 0.2) is 5.57 Å². The van der Waals surface area contributed by atoms with E-state index < -0.39 is 0 Å². The monoisotopic (exact) mass is 618 g/mol. The van der Waals surface area contributed by atoms with Crippen molar-refractivity contribution in [2.24, 2.45) is 11.8 Å². The van der Waals surface area contributed by atoms with Crippen molar-refractivity contribution in [3.05, 3.63) is 82.3 Å². The fourth-order valence-electron chi connectivity index (χ4n) is 7.27. The standard InChI is InChI=1S/C39H50N6O/c1-9-26-24-45-15-13-27(26)18-35(45)36(32-12-14-42-34-11-10-31(46-8)20-33(32)34)44-37(28(21-40)22-41)43-23-25-16-29(38(2,3)4)19-30(17-25)39(5,6)7/h10-12,14,16-17,19-20,26-27,35-36,43-44H,9,13,15,18,23-24H2,1-8H3/t26?,27?,35-,36-/m1/s1. The van der Waals surface area contributed by atoms with E-state index in [0.29, 0.717) is 24.2 Å². The number of pyridine rings is 1. The Hall–Kier alpha value is -4.07. The molecule has 2 aromatic carbocycles. The molecule has 2 N–H and O–H groups in total. The van der Waals surface area contributed by atoms with Crippen molar-refractivity contribution in [2.75, 3.05) is 20.2 Å². The van der Waals surface area contributed by atoms with E-state index in [1.165, 1.54) is 24.0 Å². The Morgan fingerprint density at radius 3 is 2.28 bits per heavy atom. The highest BCUT2D eigenvalue weighted by atomic mass is 16.5. The molecule has 242 valence electrons. The molecule has 3 aliphatic rings. The molecule has 3 saturated heterocycles. The molecule has 0 radical (unpaired) electrons. The third-order valence-corrected chi connectivity index (χ3v) is 10.1. The van der Waals surface area contributed by atoms with Gasteiger partial charge in [0.2, 0.25) is 0 Å². The lowest BCUT2D eigenvalue weighted by Crippen LogP contribution is -2.57. The summed E-state index contributed by atoms with van der Waals surface area (Å²) in [4.78, 5) is 7.29. The van der Waals surface area contributed by atoms with Crippen molar-refractivity contribution in [1.82, 2.24) is 20.5 Å². The van der Waals surface area contributed by atoms with Gasteiger partial charge in [-0.3, -0.25) is 9.88 Å². The summed E-state index contributed by atoms with van der Waals surface area (Å²) in [5, 5.41) is 28.6. The number of fused-ring (bicyclic) bond motifs is 4. The zero-order valence-electron chi connectivity index (χ0n) is 28.9. The number of methoxy groups -OCH3 is 1. The SMILES string of the molecule is CCC1CN2CCC1C[C@@H]2[C@H](NC(NCc1cc(C(C)(C)C)cc(C(C)(C)C)c1)=C(C#N)C#N)c1ccnc2ccc(OC)cc12. The number of nitrogens with one attached hydrogen (secondary N) is 2. The molecule has 6 rings (SSSR count). The Morgan fingerprint density at radius 1 is 1.02 bits per heavy atom. The lowest BCUT2D eigenvalue weighted by atomic mass is 9.72. The third kappa shape index (κ3) is 7.01. The Kier molecular flexibility index (Phi) is 9.66. The van der Waals surface area contributed by atoms with Crippen LogP contribution in [0.1, 0.15) is 96.0 Å². The first kappa shape index (κ1) is 33.3. The van der Waals surface area contributed by atoms with Gasteiger partial charge in [-0.05, 0) is 88.6 Å². The van der Waals surface area contributed by atoms with Crippen LogP contribution < -0.4 is 15.4 Å². The Bertz CT molecular complexity index is 1630. The first-order chi connectivity index (χ1) is 21.9. The van der Waals surface area contributed by atoms with E-state index in [0.717, 1.165) is 47.3 Å². The van der Waals surface area contributed by atoms with Crippen molar-refractivity contribution in [3.8, 4) is 17.9 Å². The summed E-state index contributed by atoms with van der Waals surface area (Å²) in [7, 11) is 1.68. The zero-order chi connectivity index (χ0) is 33.2. The minimum Gasteiger partial charge on any atom is -0.497 e. The van der Waals surface area contributed by atoms with Gasteiger partial charge in [0, 0.05) is 30.7 Å². The van der Waals surface area contributed by atoms with Crippen LogP contribution in [0.2, 0.25) is 0 Å². The smallest absolute Gasteiger partial charge is 0.169 e. The number of aromatic nitrogens is 1. The molecule has 0 aliphatic carbocycles. The minimum atomic E-state index is -0.177. The molecule has 0 saturated carbocycles. The number of piperidine rings is 3. The minimum absolute atomic E-state index is 0.0168. The average molecular weight is 619 g/mol. The molecule has 5 atom stereocenters. The van der Waals surface area contributed by atoms with E-state index in [1.807, 2.05) is 18.3 Å². The molecule has 2 bridgehead atoms. The molecule has 3 aliphatic heterocycles. The first-order valence-electron chi connectivity index (χ1n) is 16.7. The maximum atomic E-state index is 10.2. The highest BCUT2D eigenvalue weighted by Crippen LogP contribution is 2.43. The van der Waals surface area contributed by atoms with Gasteiger partial charge < -0.3 is 15.4 Å². The maximum Gasteiger partial charge on any atom is 0.169 e. The summed E-state index contributed by atoms with van der Waals surface area (Å²) in [6.45, 7) is 18.3. The summed E-state index contributed by atoms with van der Waals surface area (Å²) >= 11 is 0. The van der Waals surface area contributed by atoms with E-state index in [9.17, 15) is 10.5 Å². The van der Waals surface area contributed by atoms with Gasteiger partial charge >= 0.3 is 0 Å². The molecular weight excluding hydrogens is 568 g/mol. The Morgan fingerprint density at radius 2 is 1.72 bits per heavy atom. The summed E-state index contributed by atoms with van der Waals surface area (Å²) in [5.74, 6) is 2.61. The van der Waals surface area contributed by atoms with Crippen LogP contribution in [0.3, 0.4) is 0 Å². The molecule has 1 aromatic heterocycles. The molecule has 3 aromatic rings. The predicted molar refractivity (Wildman–Crippen MR) is 185 cm³/mol. The fourth-order valence-corrected chi connectivity index (χ4v) is 7.27. The fraction of sp³-hybridized carbons (Fsp3) is 0.513. The second-order valence-electron chi connectivity index (χ2n) is 15.2. The van der Waals surface area contributed by atoms with Gasteiger partial charge in [0.05, 0.1) is 18.7 Å². The van der Waals surface area contributed by atoms with Crippen molar-refractivity contribution < 1.29 is 4.74 Å². The lowest BCUT2D eigenvalue weighted by Gasteiger charge is -2.52. The van der Waals surface area contributed by atoms with Crippen LogP contribution in [0.5, 0.6) is 5.75 Å². The van der Waals surface area contributed by atoms with E-state index in [2.05, 4.69) is 111 Å². The van der Waals surface area contributed by atoms with Crippen molar-refractivity contribution >= 4 is 10.9 Å². The predicted octanol–water partition coefficient (Wildman–Crippen LogP) is 7.64. The number of allylic oxidation sites excluding steroid dienone is 1. The van der Waals surface area contributed by atoms with Crippen LogP contribution in [-0.4, -0.2) is 36.1 Å². The number of hydrogen-bond acceptors (Lipinski definition) is 7. The van der Waals surface area contributed by atoms with Crippen molar-refractivity contribution in [1.29, 1.82) is 10.5 Å². The number of nitrogens with zero attached hydrogens (tertiary/aromatic N) is 4. The highest BCUT2D eigenvalue weighted by molar-refractivity contribution is 5.84. The van der Waals surface area contributed by atoms with Gasteiger partial charge in [0.25, 0.3) is 0 Å². The average Bonchev–Trinajstić information content (AvgIpc) is 3.04. The molecule has 0 amide bonds. The maximum absolute atomic E-state index is 10.2. The molecular formula is C39H50N6O. The van der Waals surface area contributed by atoms with Crippen LogP contribution in [0.25, 0.3) is 10.9 Å². The zero-order valence-corrected chi connectivity index (χ0v) is 28.9. The van der Waals surface area contributed by atoms with Crippen LogP contribution in [0.15, 0.2) is 60.1 Å². The second kappa shape index (κ2) is 13.3. The van der Waals surface area contributed by atoms with Gasteiger partial charge in [-0.1, -0.05) is 73.1 Å². The number of nitriles is 2. The molecule has 46 heavy (non-hydrogen) atoms. The summed E-state index contributed by atoms with van der Waals surface area (Å²) in [6.07, 6.45) is 5.33. The van der Waals surface area contributed by atoms with E-state index in [1.54, 1.807) is 7.11 Å². The normalized spacial score (nSPS) is 21.6. The topological polar surface area (TPSA) is 97.0 Å². The van der Waals surface area contributed by atoms with Crippen LogP contribution in [-0.2, 0) is 17.4 Å². The van der Waals surface area contributed by atoms with Gasteiger partial charge in [-0.15, -0.1) is 0 Å². The molecule has 7 heteroatoms. The van der Waals surface area contributed by atoms with Crippen LogP contribution in [0.4, 0.5) is 0 Å². The first-order valence-corrected chi connectivity index (χ1v) is 16.7. The summed E-state index contributed by atoms with van der Waals surface area (Å²) in [6, 6.07) is 19.2. The number of hydrogen-bond donors (Lipinski definition) is 2. The highest BCUT2D eigenvalue weighted by Gasteiger charge is 2.43. The van der Waals surface area contributed by atoms with E-state index >= 15 is 0 Å². The second-order valence-corrected chi connectivity index (χ2v) is 15.2. The van der Waals surface area contributed by atoms with Crippen molar-refractivity contribution in [2.45, 2.75) is 97.2 Å². The van der Waals surface area contributed by atoms with Crippen LogP contribution in [0, 0.1) is 34.5 Å². The van der Waals surface area contributed by atoms with Gasteiger partial charge in [-0.25, -0.2) is 0 Å². The Labute approximate surface area is 275 Å². The number of rotatable bonds is 9. The summed E-state index contributed by atoms with van der Waals surface area (Å²) < 4.78 is 5.62.